The third-order valence-electron chi connectivity index (χ3n) is 5.75. The molecule has 2 rings (SSSR count). The van der Waals surface area contributed by atoms with Crippen molar-refractivity contribution < 1.29 is 0 Å². The van der Waals surface area contributed by atoms with Crippen LogP contribution in [0.15, 0.2) is 0 Å². The van der Waals surface area contributed by atoms with Crippen molar-refractivity contribution >= 4 is 0 Å². The first-order valence-electron chi connectivity index (χ1n) is 9.91. The zero-order chi connectivity index (χ0) is 15.7. The first-order chi connectivity index (χ1) is 10.2. The Bertz CT molecular complexity index is 232. The van der Waals surface area contributed by atoms with Gasteiger partial charge in [0.05, 0.1) is 0 Å². The van der Waals surface area contributed by atoms with E-state index in [0.29, 0.717) is 0 Å². The third-order valence-corrected chi connectivity index (χ3v) is 5.75. The molecule has 0 aromatic heterocycles. The summed E-state index contributed by atoms with van der Waals surface area (Å²) in [6, 6.07) is 0. The highest BCUT2D eigenvalue weighted by atomic mass is 15.1. The predicted molar refractivity (Wildman–Crippen MR) is 95.7 cm³/mol. The zero-order valence-electron chi connectivity index (χ0n) is 15.5. The molecule has 1 heterocycles. The summed E-state index contributed by atoms with van der Waals surface area (Å²) in [5.74, 6) is 3.97. The number of hydrogen-bond donors (Lipinski definition) is 0. The average molecular weight is 296 g/mol. The van der Waals surface area contributed by atoms with Gasteiger partial charge in [0.2, 0.25) is 0 Å². The van der Waals surface area contributed by atoms with E-state index in [1.54, 1.807) is 0 Å². The number of nitrogens with zero attached hydrogens (tertiary/aromatic N) is 1. The van der Waals surface area contributed by atoms with Crippen molar-refractivity contribution in [2.75, 3.05) is 19.6 Å². The fraction of sp³-hybridized carbons (Fsp3) is 1.00. The summed E-state index contributed by atoms with van der Waals surface area (Å²) in [5.41, 5.74) is 0. The van der Waals surface area contributed by atoms with Gasteiger partial charge >= 0.3 is 0 Å². The number of piperidine rings is 1. The Morgan fingerprint density at radius 3 is 1.86 bits per heavy atom. The van der Waals surface area contributed by atoms with Crippen molar-refractivity contribution in [2.24, 2.45) is 23.7 Å². The van der Waals surface area contributed by atoms with Crippen LogP contribution in [0, 0.1) is 23.7 Å². The minimum atomic E-state index is 0.895. The number of hydrogen-bond acceptors (Lipinski definition) is 1. The maximum Gasteiger partial charge on any atom is 0.000966 e. The van der Waals surface area contributed by atoms with Gasteiger partial charge in [0.15, 0.2) is 0 Å². The van der Waals surface area contributed by atoms with E-state index in [9.17, 15) is 0 Å². The quantitative estimate of drug-likeness (QED) is 0.602. The van der Waals surface area contributed by atoms with E-state index in [1.807, 2.05) is 13.8 Å². The van der Waals surface area contributed by atoms with E-state index in [2.05, 4.69) is 25.7 Å². The molecule has 0 aromatic rings. The van der Waals surface area contributed by atoms with Gasteiger partial charge in [-0.05, 0) is 62.4 Å². The Balaban J connectivity index is 0.00000106. The molecule has 1 saturated carbocycles. The lowest BCUT2D eigenvalue weighted by Crippen LogP contribution is -2.39. The van der Waals surface area contributed by atoms with Crippen molar-refractivity contribution in [2.45, 2.75) is 86.0 Å². The van der Waals surface area contributed by atoms with Crippen molar-refractivity contribution in [3.63, 3.8) is 0 Å². The molecule has 0 aromatic carbocycles. The molecule has 1 saturated heterocycles. The molecule has 0 unspecified atom stereocenters. The van der Waals surface area contributed by atoms with Crippen LogP contribution in [0.2, 0.25) is 0 Å². The van der Waals surface area contributed by atoms with Gasteiger partial charge in [-0.25, -0.2) is 0 Å². The van der Waals surface area contributed by atoms with Crippen molar-refractivity contribution in [3.8, 4) is 0 Å². The van der Waals surface area contributed by atoms with Crippen LogP contribution in [0.25, 0.3) is 0 Å². The highest BCUT2D eigenvalue weighted by Gasteiger charge is 2.26. The van der Waals surface area contributed by atoms with Gasteiger partial charge in [-0.1, -0.05) is 60.3 Å². The van der Waals surface area contributed by atoms with Gasteiger partial charge in [-0.2, -0.15) is 0 Å². The van der Waals surface area contributed by atoms with E-state index in [0.717, 1.165) is 23.7 Å². The summed E-state index contributed by atoms with van der Waals surface area (Å²) < 4.78 is 0. The first-order valence-corrected chi connectivity index (χ1v) is 9.91. The molecule has 0 radical (unpaired) electrons. The highest BCUT2D eigenvalue weighted by Crippen LogP contribution is 2.33. The molecule has 1 nitrogen and oxygen atoms in total. The van der Waals surface area contributed by atoms with Gasteiger partial charge in [-0.15, -0.1) is 0 Å². The molecule has 1 aliphatic heterocycles. The number of rotatable bonds is 5. The molecule has 2 aliphatic rings. The van der Waals surface area contributed by atoms with Crippen LogP contribution in [-0.4, -0.2) is 24.5 Å². The summed E-state index contributed by atoms with van der Waals surface area (Å²) in [4.78, 5) is 2.77. The zero-order valence-corrected chi connectivity index (χ0v) is 15.5. The van der Waals surface area contributed by atoms with Gasteiger partial charge in [-0.3, -0.25) is 0 Å². The summed E-state index contributed by atoms with van der Waals surface area (Å²) in [6.07, 6.45) is 11.8. The van der Waals surface area contributed by atoms with Gasteiger partial charge in [0.25, 0.3) is 0 Å². The lowest BCUT2D eigenvalue weighted by molar-refractivity contribution is 0.120. The van der Waals surface area contributed by atoms with Crippen molar-refractivity contribution in [3.05, 3.63) is 0 Å². The van der Waals surface area contributed by atoms with Crippen LogP contribution >= 0.6 is 0 Å². The Labute approximate surface area is 134 Å². The van der Waals surface area contributed by atoms with E-state index in [4.69, 9.17) is 0 Å². The van der Waals surface area contributed by atoms with E-state index >= 15 is 0 Å². The van der Waals surface area contributed by atoms with Crippen LogP contribution in [0.1, 0.15) is 86.0 Å². The summed E-state index contributed by atoms with van der Waals surface area (Å²) in [6.45, 7) is 15.3. The Kier molecular flexibility index (Phi) is 9.64. The van der Waals surface area contributed by atoms with E-state index < -0.39 is 0 Å². The van der Waals surface area contributed by atoms with Gasteiger partial charge < -0.3 is 4.90 Å². The summed E-state index contributed by atoms with van der Waals surface area (Å²) in [5, 5.41) is 0. The van der Waals surface area contributed by atoms with E-state index in [1.165, 1.54) is 71.0 Å². The standard InChI is InChI=1S/C18H35N.C2H6/c1-4-5-16-6-8-17(9-7-16)14-19-12-10-18(11-13-19)15(2)3;1-2/h15-18H,4-14H2,1-3H3;1-2H3. The Morgan fingerprint density at radius 1 is 0.857 bits per heavy atom. The van der Waals surface area contributed by atoms with Crippen LogP contribution in [0.5, 0.6) is 0 Å². The lowest BCUT2D eigenvalue weighted by Gasteiger charge is -2.37. The SMILES string of the molecule is CC.CCCC1CCC(CN2CCC(C(C)C)CC2)CC1. The van der Waals surface area contributed by atoms with Gasteiger partial charge in [0, 0.05) is 6.54 Å². The topological polar surface area (TPSA) is 3.24 Å². The molecule has 1 aliphatic carbocycles. The van der Waals surface area contributed by atoms with Crippen molar-refractivity contribution in [1.29, 1.82) is 0 Å². The third kappa shape index (κ3) is 6.72. The molecule has 1 heteroatoms. The second-order valence-corrected chi connectivity index (χ2v) is 7.56. The predicted octanol–water partition coefficient (Wildman–Crippen LogP) is 5.99. The molecule has 0 spiro atoms. The monoisotopic (exact) mass is 295 g/mol. The normalized spacial score (nSPS) is 28.3. The smallest absolute Gasteiger partial charge is 0.000966 e. The minimum Gasteiger partial charge on any atom is -0.303 e. The lowest BCUT2D eigenvalue weighted by atomic mass is 9.79. The second kappa shape index (κ2) is 10.6. The molecule has 0 atom stereocenters. The van der Waals surface area contributed by atoms with Gasteiger partial charge in [0.1, 0.15) is 0 Å². The Morgan fingerprint density at radius 2 is 1.38 bits per heavy atom. The van der Waals surface area contributed by atoms with Crippen LogP contribution in [0.3, 0.4) is 0 Å². The van der Waals surface area contributed by atoms with Crippen molar-refractivity contribution in [1.82, 2.24) is 4.90 Å². The first kappa shape index (κ1) is 19.0. The fourth-order valence-corrected chi connectivity index (χ4v) is 4.28. The van der Waals surface area contributed by atoms with Crippen LogP contribution in [-0.2, 0) is 0 Å². The molecule has 0 amide bonds. The maximum absolute atomic E-state index is 2.77. The van der Waals surface area contributed by atoms with Crippen LogP contribution < -0.4 is 0 Å². The van der Waals surface area contributed by atoms with E-state index in [-0.39, 0.29) is 0 Å². The number of likely N-dealkylation sites (tertiary alicyclic amines) is 1. The molecular weight excluding hydrogens is 254 g/mol. The molecule has 2 fully saturated rings. The molecule has 0 bridgehead atoms. The second-order valence-electron chi connectivity index (χ2n) is 7.56. The fourth-order valence-electron chi connectivity index (χ4n) is 4.28. The highest BCUT2D eigenvalue weighted by molar-refractivity contribution is 4.79. The van der Waals surface area contributed by atoms with Crippen LogP contribution in [0.4, 0.5) is 0 Å². The molecule has 21 heavy (non-hydrogen) atoms. The summed E-state index contributed by atoms with van der Waals surface area (Å²) in [7, 11) is 0. The summed E-state index contributed by atoms with van der Waals surface area (Å²) >= 11 is 0. The average Bonchev–Trinajstić information content (AvgIpc) is 2.52. The Hall–Kier alpha value is -0.0400. The minimum absolute atomic E-state index is 0.895. The molecule has 126 valence electrons. The molecule has 0 N–H and O–H groups in total. The largest absolute Gasteiger partial charge is 0.303 e. The molecular formula is C20H41N. The maximum atomic E-state index is 2.77.